The molecular formula is C23H25NO5. The predicted molar refractivity (Wildman–Crippen MR) is 110 cm³/mol. The fourth-order valence-electron chi connectivity index (χ4n) is 2.48. The summed E-state index contributed by atoms with van der Waals surface area (Å²) >= 11 is 0. The molecule has 0 radical (unpaired) electrons. The van der Waals surface area contributed by atoms with E-state index in [9.17, 15) is 14.4 Å². The molecule has 0 bridgehead atoms. The Morgan fingerprint density at radius 2 is 1.62 bits per heavy atom. The number of carbonyl (C=O) groups is 3. The normalized spacial score (nSPS) is 10.9. The van der Waals surface area contributed by atoms with E-state index in [0.29, 0.717) is 17.7 Å². The number of ether oxygens (including phenoxy) is 2. The van der Waals surface area contributed by atoms with E-state index in [-0.39, 0.29) is 37.0 Å². The molecule has 0 saturated heterocycles. The van der Waals surface area contributed by atoms with Crippen molar-refractivity contribution in [3.8, 4) is 0 Å². The lowest BCUT2D eigenvalue weighted by Crippen LogP contribution is -2.17. The van der Waals surface area contributed by atoms with E-state index in [0.717, 1.165) is 5.56 Å². The van der Waals surface area contributed by atoms with Crippen LogP contribution in [0.15, 0.2) is 66.4 Å². The van der Waals surface area contributed by atoms with Crippen molar-refractivity contribution in [1.29, 1.82) is 0 Å². The third kappa shape index (κ3) is 6.92. The molecule has 152 valence electrons. The average molecular weight is 395 g/mol. The molecular weight excluding hydrogens is 370 g/mol. The number of hydrogen-bond acceptors (Lipinski definition) is 6. The molecule has 0 aliphatic heterocycles. The molecule has 2 rings (SSSR count). The van der Waals surface area contributed by atoms with Gasteiger partial charge in [0.15, 0.2) is 5.78 Å². The number of rotatable bonds is 10. The summed E-state index contributed by atoms with van der Waals surface area (Å²) in [5.74, 6) is -1.28. The van der Waals surface area contributed by atoms with Crippen LogP contribution in [-0.2, 0) is 25.7 Å². The van der Waals surface area contributed by atoms with Gasteiger partial charge in [-0.2, -0.15) is 0 Å². The van der Waals surface area contributed by atoms with Crippen molar-refractivity contribution in [2.24, 2.45) is 0 Å². The Labute approximate surface area is 170 Å². The van der Waals surface area contributed by atoms with Gasteiger partial charge in [-0.25, -0.2) is 9.59 Å². The van der Waals surface area contributed by atoms with Crippen LogP contribution in [0.5, 0.6) is 0 Å². The second kappa shape index (κ2) is 11.4. The smallest absolute Gasteiger partial charge is 0.343 e. The molecule has 29 heavy (non-hydrogen) atoms. The average Bonchev–Trinajstić information content (AvgIpc) is 2.74. The highest BCUT2D eigenvalue weighted by Crippen LogP contribution is 2.13. The van der Waals surface area contributed by atoms with Crippen molar-refractivity contribution in [1.82, 2.24) is 0 Å². The van der Waals surface area contributed by atoms with Crippen LogP contribution in [0, 0.1) is 0 Å². The first-order valence-corrected chi connectivity index (χ1v) is 9.53. The van der Waals surface area contributed by atoms with Crippen LogP contribution in [0.1, 0.15) is 42.6 Å². The van der Waals surface area contributed by atoms with Gasteiger partial charge in [0.25, 0.3) is 0 Å². The van der Waals surface area contributed by atoms with Crippen LogP contribution in [0.2, 0.25) is 0 Å². The number of nitrogens with one attached hydrogen (secondary N) is 1. The molecule has 0 fully saturated rings. The first-order chi connectivity index (χ1) is 14.0. The Morgan fingerprint density at radius 1 is 0.931 bits per heavy atom. The Hall–Kier alpha value is -3.41. The van der Waals surface area contributed by atoms with Crippen LogP contribution in [0.25, 0.3) is 0 Å². The topological polar surface area (TPSA) is 81.7 Å². The quantitative estimate of drug-likeness (QED) is 0.280. The molecule has 0 aliphatic rings. The first kappa shape index (κ1) is 21.9. The molecule has 2 aromatic carbocycles. The van der Waals surface area contributed by atoms with E-state index in [1.165, 1.54) is 6.20 Å². The maximum atomic E-state index is 12.1. The lowest BCUT2D eigenvalue weighted by molar-refractivity contribution is -0.140. The Balaban J connectivity index is 1.97. The van der Waals surface area contributed by atoms with Gasteiger partial charge in [0.2, 0.25) is 0 Å². The highest BCUT2D eigenvalue weighted by Gasteiger charge is 2.18. The van der Waals surface area contributed by atoms with Crippen LogP contribution in [-0.4, -0.2) is 24.3 Å². The summed E-state index contributed by atoms with van der Waals surface area (Å²) < 4.78 is 10.2. The summed E-state index contributed by atoms with van der Waals surface area (Å²) in [6.07, 6.45) is 2.30. The zero-order chi connectivity index (χ0) is 21.1. The van der Waals surface area contributed by atoms with Crippen molar-refractivity contribution in [2.75, 3.05) is 11.9 Å². The molecule has 0 aromatic heterocycles. The van der Waals surface area contributed by atoms with Gasteiger partial charge in [-0.05, 0) is 43.2 Å². The second-order valence-electron chi connectivity index (χ2n) is 6.24. The number of carbonyl (C=O) groups excluding carboxylic acids is 3. The van der Waals surface area contributed by atoms with Crippen molar-refractivity contribution in [3.05, 3.63) is 77.5 Å². The number of anilines is 1. The van der Waals surface area contributed by atoms with E-state index in [4.69, 9.17) is 9.47 Å². The van der Waals surface area contributed by atoms with Crippen molar-refractivity contribution < 1.29 is 23.9 Å². The lowest BCUT2D eigenvalue weighted by atomic mass is 10.1. The standard InChI is InChI=1S/C23H25NO5/c1-3-8-21(25)20(23(27)28-4-2)15-24-19-13-11-17(12-14-19)16-29-22(26)18-9-6-5-7-10-18/h5-7,9-15,24H,3-4,8,16H2,1-2H3. The molecule has 2 aromatic rings. The minimum Gasteiger partial charge on any atom is -0.462 e. The van der Waals surface area contributed by atoms with E-state index < -0.39 is 5.97 Å². The lowest BCUT2D eigenvalue weighted by Gasteiger charge is -2.08. The van der Waals surface area contributed by atoms with Crippen LogP contribution >= 0.6 is 0 Å². The van der Waals surface area contributed by atoms with Gasteiger partial charge in [-0.15, -0.1) is 0 Å². The molecule has 0 amide bonds. The van der Waals surface area contributed by atoms with E-state index in [1.807, 2.05) is 13.0 Å². The summed E-state index contributed by atoms with van der Waals surface area (Å²) in [4.78, 5) is 36.1. The summed E-state index contributed by atoms with van der Waals surface area (Å²) in [6.45, 7) is 3.91. The molecule has 0 spiro atoms. The maximum Gasteiger partial charge on any atom is 0.343 e. The number of ketones is 1. The fourth-order valence-corrected chi connectivity index (χ4v) is 2.48. The summed E-state index contributed by atoms with van der Waals surface area (Å²) in [5.41, 5.74) is 2.00. The van der Waals surface area contributed by atoms with Gasteiger partial charge < -0.3 is 14.8 Å². The minimum atomic E-state index is -0.636. The van der Waals surface area contributed by atoms with Crippen molar-refractivity contribution in [2.45, 2.75) is 33.3 Å². The van der Waals surface area contributed by atoms with Gasteiger partial charge >= 0.3 is 11.9 Å². The zero-order valence-electron chi connectivity index (χ0n) is 16.6. The zero-order valence-corrected chi connectivity index (χ0v) is 16.6. The molecule has 0 aliphatic carbocycles. The molecule has 0 heterocycles. The largest absolute Gasteiger partial charge is 0.462 e. The Kier molecular flexibility index (Phi) is 8.63. The molecule has 6 heteroatoms. The number of hydrogen-bond donors (Lipinski definition) is 1. The SMILES string of the molecule is CCCC(=O)C(=CNc1ccc(COC(=O)c2ccccc2)cc1)C(=O)OCC. The maximum absolute atomic E-state index is 12.1. The number of benzene rings is 2. The summed E-state index contributed by atoms with van der Waals surface area (Å²) in [7, 11) is 0. The van der Waals surface area contributed by atoms with Gasteiger partial charge in [0.05, 0.1) is 12.2 Å². The molecule has 0 saturated carbocycles. The third-order valence-corrected chi connectivity index (χ3v) is 3.99. The van der Waals surface area contributed by atoms with E-state index in [2.05, 4.69) is 5.32 Å². The van der Waals surface area contributed by atoms with Crippen molar-refractivity contribution in [3.63, 3.8) is 0 Å². The molecule has 0 atom stereocenters. The van der Waals surface area contributed by atoms with Gasteiger partial charge in [0, 0.05) is 18.3 Å². The van der Waals surface area contributed by atoms with E-state index in [1.54, 1.807) is 55.5 Å². The minimum absolute atomic E-state index is 0.00503. The fraction of sp³-hybridized carbons (Fsp3) is 0.261. The summed E-state index contributed by atoms with van der Waals surface area (Å²) in [5, 5.41) is 2.95. The second-order valence-corrected chi connectivity index (χ2v) is 6.24. The third-order valence-electron chi connectivity index (χ3n) is 3.99. The molecule has 0 unspecified atom stereocenters. The highest BCUT2D eigenvalue weighted by molar-refractivity contribution is 6.17. The summed E-state index contributed by atoms with van der Waals surface area (Å²) in [6, 6.07) is 15.9. The van der Waals surface area contributed by atoms with Crippen LogP contribution < -0.4 is 5.32 Å². The molecule has 1 N–H and O–H groups in total. The molecule has 6 nitrogen and oxygen atoms in total. The van der Waals surface area contributed by atoms with Gasteiger partial charge in [-0.3, -0.25) is 4.79 Å². The number of Topliss-reactive ketones (excluding diaryl/α,β-unsaturated/α-hetero) is 1. The van der Waals surface area contributed by atoms with Crippen LogP contribution in [0.4, 0.5) is 5.69 Å². The van der Waals surface area contributed by atoms with E-state index >= 15 is 0 Å². The van der Waals surface area contributed by atoms with Crippen molar-refractivity contribution >= 4 is 23.4 Å². The number of esters is 2. The Morgan fingerprint density at radius 3 is 2.24 bits per heavy atom. The van der Waals surface area contributed by atoms with Crippen LogP contribution in [0.3, 0.4) is 0 Å². The van der Waals surface area contributed by atoms with Gasteiger partial charge in [0.1, 0.15) is 12.2 Å². The predicted octanol–water partition coefficient (Wildman–Crippen LogP) is 4.27. The van der Waals surface area contributed by atoms with Gasteiger partial charge in [-0.1, -0.05) is 37.3 Å². The first-order valence-electron chi connectivity index (χ1n) is 9.53. The highest BCUT2D eigenvalue weighted by atomic mass is 16.5. The Bertz CT molecular complexity index is 837. The monoisotopic (exact) mass is 395 g/mol.